The van der Waals surface area contributed by atoms with Crippen LogP contribution < -0.4 is 11.5 Å². The molecule has 0 aromatic heterocycles. The van der Waals surface area contributed by atoms with Gasteiger partial charge in [-0.05, 0) is 19.3 Å². The predicted molar refractivity (Wildman–Crippen MR) is 43.7 cm³/mol. The Balaban J connectivity index is 2.25. The van der Waals surface area contributed by atoms with Gasteiger partial charge < -0.3 is 11.5 Å². The van der Waals surface area contributed by atoms with Gasteiger partial charge >= 0.3 is 0 Å². The van der Waals surface area contributed by atoms with E-state index in [1.807, 2.05) is 0 Å². The van der Waals surface area contributed by atoms with Gasteiger partial charge in [0.2, 0.25) is 0 Å². The highest BCUT2D eigenvalue weighted by Crippen LogP contribution is 2.14. The molecule has 10 heavy (non-hydrogen) atoms. The molecular formula is C8H18N2. The minimum Gasteiger partial charge on any atom is -0.328 e. The van der Waals surface area contributed by atoms with Crippen LogP contribution in [-0.2, 0) is 0 Å². The summed E-state index contributed by atoms with van der Waals surface area (Å²) < 4.78 is 0. The van der Waals surface area contributed by atoms with Gasteiger partial charge in [-0.2, -0.15) is 0 Å². The maximum absolute atomic E-state index is 5.81. The Morgan fingerprint density at radius 2 is 1.30 bits per heavy atom. The van der Waals surface area contributed by atoms with Crippen molar-refractivity contribution in [3.05, 3.63) is 0 Å². The van der Waals surface area contributed by atoms with Crippen LogP contribution in [0.25, 0.3) is 0 Å². The first kappa shape index (κ1) is 8.02. The summed E-state index contributed by atoms with van der Waals surface area (Å²) >= 11 is 0. The molecule has 1 saturated carbocycles. The van der Waals surface area contributed by atoms with Crippen molar-refractivity contribution in [3.8, 4) is 0 Å². The number of rotatable bonds is 0. The lowest BCUT2D eigenvalue weighted by Crippen LogP contribution is -2.32. The van der Waals surface area contributed by atoms with Crippen LogP contribution in [0, 0.1) is 0 Å². The fourth-order valence-electron chi connectivity index (χ4n) is 1.61. The molecule has 2 atom stereocenters. The molecule has 0 bridgehead atoms. The minimum absolute atomic E-state index is 0.371. The van der Waals surface area contributed by atoms with Crippen molar-refractivity contribution < 1.29 is 0 Å². The molecule has 2 heteroatoms. The quantitative estimate of drug-likeness (QED) is 0.530. The van der Waals surface area contributed by atoms with E-state index in [1.54, 1.807) is 0 Å². The van der Waals surface area contributed by atoms with Gasteiger partial charge in [0, 0.05) is 12.1 Å². The monoisotopic (exact) mass is 142 g/mol. The van der Waals surface area contributed by atoms with Gasteiger partial charge in [-0.25, -0.2) is 0 Å². The molecule has 2 unspecified atom stereocenters. The van der Waals surface area contributed by atoms with E-state index in [0.717, 1.165) is 6.42 Å². The van der Waals surface area contributed by atoms with E-state index < -0.39 is 0 Å². The average Bonchev–Trinajstić information content (AvgIpc) is 1.83. The molecule has 0 saturated heterocycles. The van der Waals surface area contributed by atoms with Crippen LogP contribution in [0.4, 0.5) is 0 Å². The van der Waals surface area contributed by atoms with Crippen LogP contribution in [0.15, 0.2) is 0 Å². The molecule has 0 aliphatic heterocycles. The van der Waals surface area contributed by atoms with Gasteiger partial charge in [0.25, 0.3) is 0 Å². The Morgan fingerprint density at radius 3 is 1.80 bits per heavy atom. The van der Waals surface area contributed by atoms with Crippen LogP contribution in [0.5, 0.6) is 0 Å². The standard InChI is InChI=1S/C8H18N2/c9-7-4-2-1-3-5-8(10)6-7/h7-8H,1-6,9-10H2. The summed E-state index contributed by atoms with van der Waals surface area (Å²) in [5.74, 6) is 0. The summed E-state index contributed by atoms with van der Waals surface area (Å²) in [6.45, 7) is 0. The van der Waals surface area contributed by atoms with E-state index in [9.17, 15) is 0 Å². The smallest absolute Gasteiger partial charge is 0.00535 e. The lowest BCUT2D eigenvalue weighted by Gasteiger charge is -2.20. The van der Waals surface area contributed by atoms with Crippen LogP contribution in [0.3, 0.4) is 0 Å². The zero-order chi connectivity index (χ0) is 7.40. The Hall–Kier alpha value is -0.0800. The zero-order valence-corrected chi connectivity index (χ0v) is 6.55. The summed E-state index contributed by atoms with van der Waals surface area (Å²) in [6.07, 6.45) is 7.30. The highest BCUT2D eigenvalue weighted by molar-refractivity contribution is 4.73. The lowest BCUT2D eigenvalue weighted by atomic mass is 9.94. The topological polar surface area (TPSA) is 52.0 Å². The normalized spacial score (nSPS) is 36.6. The van der Waals surface area contributed by atoms with E-state index in [-0.39, 0.29) is 0 Å². The first-order valence-electron chi connectivity index (χ1n) is 4.30. The minimum atomic E-state index is 0.371. The van der Waals surface area contributed by atoms with Gasteiger partial charge in [0.15, 0.2) is 0 Å². The van der Waals surface area contributed by atoms with E-state index in [2.05, 4.69) is 0 Å². The SMILES string of the molecule is NC1CCCCCC(N)C1. The number of nitrogens with two attached hydrogens (primary N) is 2. The highest BCUT2D eigenvalue weighted by atomic mass is 14.7. The van der Waals surface area contributed by atoms with Crippen LogP contribution >= 0.6 is 0 Å². The third kappa shape index (κ3) is 2.67. The molecule has 0 amide bonds. The molecule has 0 aromatic rings. The van der Waals surface area contributed by atoms with Crippen LogP contribution in [0.2, 0.25) is 0 Å². The Bertz CT molecular complexity index is 83.3. The third-order valence-electron chi connectivity index (χ3n) is 2.26. The molecule has 2 nitrogen and oxygen atoms in total. The lowest BCUT2D eigenvalue weighted by molar-refractivity contribution is 0.412. The summed E-state index contributed by atoms with van der Waals surface area (Å²) in [6, 6.07) is 0.741. The molecule has 0 spiro atoms. The molecule has 0 radical (unpaired) electrons. The van der Waals surface area contributed by atoms with Crippen LogP contribution in [-0.4, -0.2) is 12.1 Å². The second-order valence-electron chi connectivity index (χ2n) is 3.39. The second kappa shape index (κ2) is 3.94. The summed E-state index contributed by atoms with van der Waals surface area (Å²) in [5.41, 5.74) is 11.6. The maximum Gasteiger partial charge on any atom is 0.00535 e. The molecular weight excluding hydrogens is 124 g/mol. The molecule has 4 N–H and O–H groups in total. The van der Waals surface area contributed by atoms with Crippen molar-refractivity contribution >= 4 is 0 Å². The van der Waals surface area contributed by atoms with Gasteiger partial charge in [-0.15, -0.1) is 0 Å². The Labute approximate surface area is 63.0 Å². The summed E-state index contributed by atoms with van der Waals surface area (Å²) in [5, 5.41) is 0. The first-order chi connectivity index (χ1) is 4.79. The molecule has 60 valence electrons. The highest BCUT2D eigenvalue weighted by Gasteiger charge is 2.11. The van der Waals surface area contributed by atoms with Gasteiger partial charge in [0.05, 0.1) is 0 Å². The van der Waals surface area contributed by atoms with Crippen molar-refractivity contribution in [2.75, 3.05) is 0 Å². The van der Waals surface area contributed by atoms with Gasteiger partial charge in [0.1, 0.15) is 0 Å². The molecule has 0 aromatic carbocycles. The van der Waals surface area contributed by atoms with Gasteiger partial charge in [-0.1, -0.05) is 19.3 Å². The van der Waals surface area contributed by atoms with Crippen LogP contribution in [0.1, 0.15) is 38.5 Å². The fraction of sp³-hybridized carbons (Fsp3) is 1.00. The summed E-state index contributed by atoms with van der Waals surface area (Å²) in [7, 11) is 0. The van der Waals surface area contributed by atoms with Crippen molar-refractivity contribution in [1.29, 1.82) is 0 Å². The number of hydrogen-bond acceptors (Lipinski definition) is 2. The zero-order valence-electron chi connectivity index (χ0n) is 6.55. The van der Waals surface area contributed by atoms with Crippen molar-refractivity contribution in [2.45, 2.75) is 50.6 Å². The largest absolute Gasteiger partial charge is 0.328 e. The second-order valence-corrected chi connectivity index (χ2v) is 3.39. The van der Waals surface area contributed by atoms with E-state index in [1.165, 1.54) is 32.1 Å². The third-order valence-corrected chi connectivity index (χ3v) is 2.26. The van der Waals surface area contributed by atoms with Crippen molar-refractivity contribution in [2.24, 2.45) is 11.5 Å². The molecule has 1 aliphatic carbocycles. The number of hydrogen-bond donors (Lipinski definition) is 2. The predicted octanol–water partition coefficient (Wildman–Crippen LogP) is 0.995. The first-order valence-corrected chi connectivity index (χ1v) is 4.30. The molecule has 1 aliphatic rings. The van der Waals surface area contributed by atoms with E-state index >= 15 is 0 Å². The maximum atomic E-state index is 5.81. The fourth-order valence-corrected chi connectivity index (χ4v) is 1.61. The Morgan fingerprint density at radius 1 is 0.800 bits per heavy atom. The average molecular weight is 142 g/mol. The molecule has 1 fully saturated rings. The molecule has 0 heterocycles. The summed E-state index contributed by atoms with van der Waals surface area (Å²) in [4.78, 5) is 0. The molecule has 1 rings (SSSR count). The van der Waals surface area contributed by atoms with Crippen molar-refractivity contribution in [3.63, 3.8) is 0 Å². The van der Waals surface area contributed by atoms with Gasteiger partial charge in [-0.3, -0.25) is 0 Å². The van der Waals surface area contributed by atoms with E-state index in [0.29, 0.717) is 12.1 Å². The van der Waals surface area contributed by atoms with E-state index in [4.69, 9.17) is 11.5 Å². The Kier molecular flexibility index (Phi) is 3.16. The van der Waals surface area contributed by atoms with Crippen molar-refractivity contribution in [1.82, 2.24) is 0 Å².